The number of nitrogens with one attached hydrogen (secondary N) is 2. The molecule has 0 amide bonds. The molecule has 1 aromatic heterocycles. The molecule has 0 saturated heterocycles. The topological polar surface area (TPSA) is 63.5 Å². The van der Waals surface area contributed by atoms with E-state index >= 15 is 0 Å². The molecule has 0 aliphatic heterocycles. The molecule has 0 atom stereocenters. The SMILES string of the molecule is CN=C(NCCCn1nc(C)cc1C)NCc1cccc(OC)c1.I. The fourth-order valence-electron chi connectivity index (χ4n) is 2.53. The first kappa shape index (κ1) is 21.3. The molecule has 0 aliphatic rings. The molecule has 1 heterocycles. The molecule has 0 unspecified atom stereocenters. The van der Waals surface area contributed by atoms with E-state index < -0.39 is 0 Å². The van der Waals surface area contributed by atoms with Crippen molar-refractivity contribution < 1.29 is 4.74 Å². The van der Waals surface area contributed by atoms with Crippen LogP contribution >= 0.6 is 24.0 Å². The van der Waals surface area contributed by atoms with E-state index in [1.54, 1.807) is 14.2 Å². The van der Waals surface area contributed by atoms with Crippen LogP contribution in [0.1, 0.15) is 23.4 Å². The minimum atomic E-state index is 0. The largest absolute Gasteiger partial charge is 0.497 e. The number of aliphatic imine (C=N–C) groups is 1. The van der Waals surface area contributed by atoms with Gasteiger partial charge in [0.15, 0.2) is 5.96 Å². The summed E-state index contributed by atoms with van der Waals surface area (Å²) in [6, 6.07) is 10.1. The Morgan fingerprint density at radius 1 is 1.24 bits per heavy atom. The summed E-state index contributed by atoms with van der Waals surface area (Å²) in [5.41, 5.74) is 3.42. The third-order valence-corrected chi connectivity index (χ3v) is 3.76. The van der Waals surface area contributed by atoms with Crippen LogP contribution in [0.2, 0.25) is 0 Å². The highest BCUT2D eigenvalue weighted by Crippen LogP contribution is 2.12. The Labute approximate surface area is 167 Å². The summed E-state index contributed by atoms with van der Waals surface area (Å²) in [6.45, 7) is 6.55. The molecule has 2 aromatic rings. The summed E-state index contributed by atoms with van der Waals surface area (Å²) in [6.07, 6.45) is 0.988. The number of methoxy groups -OCH3 is 1. The Kier molecular flexibility index (Phi) is 9.33. The average molecular weight is 457 g/mol. The van der Waals surface area contributed by atoms with E-state index in [0.29, 0.717) is 6.54 Å². The van der Waals surface area contributed by atoms with E-state index in [2.05, 4.69) is 39.8 Å². The number of hydrogen-bond acceptors (Lipinski definition) is 3. The number of guanidine groups is 1. The van der Waals surface area contributed by atoms with Crippen molar-refractivity contribution in [2.45, 2.75) is 33.4 Å². The van der Waals surface area contributed by atoms with Crippen LogP contribution in [0.5, 0.6) is 5.75 Å². The minimum absolute atomic E-state index is 0. The third-order valence-electron chi connectivity index (χ3n) is 3.76. The molecule has 6 nitrogen and oxygen atoms in total. The molecule has 25 heavy (non-hydrogen) atoms. The molecular formula is C18H28IN5O. The summed E-state index contributed by atoms with van der Waals surface area (Å²) in [7, 11) is 3.46. The molecule has 1 aromatic carbocycles. The summed E-state index contributed by atoms with van der Waals surface area (Å²) in [4.78, 5) is 4.25. The van der Waals surface area contributed by atoms with Crippen molar-refractivity contribution in [3.63, 3.8) is 0 Å². The number of ether oxygens (including phenoxy) is 1. The van der Waals surface area contributed by atoms with Crippen LogP contribution in [0, 0.1) is 13.8 Å². The van der Waals surface area contributed by atoms with Crippen LogP contribution in [-0.2, 0) is 13.1 Å². The Balaban J connectivity index is 0.00000312. The lowest BCUT2D eigenvalue weighted by molar-refractivity contribution is 0.414. The fourth-order valence-corrected chi connectivity index (χ4v) is 2.53. The number of aromatic nitrogens is 2. The molecule has 0 bridgehead atoms. The van der Waals surface area contributed by atoms with Gasteiger partial charge in [-0.1, -0.05) is 12.1 Å². The molecule has 0 aliphatic carbocycles. The van der Waals surface area contributed by atoms with Gasteiger partial charge in [-0.05, 0) is 44.0 Å². The smallest absolute Gasteiger partial charge is 0.191 e. The number of benzene rings is 1. The molecule has 138 valence electrons. The molecule has 7 heteroatoms. The third kappa shape index (κ3) is 6.93. The van der Waals surface area contributed by atoms with Gasteiger partial charge in [0.2, 0.25) is 0 Å². The van der Waals surface area contributed by atoms with Gasteiger partial charge in [-0.15, -0.1) is 24.0 Å². The van der Waals surface area contributed by atoms with Gasteiger partial charge in [-0.2, -0.15) is 5.10 Å². The average Bonchev–Trinajstić information content (AvgIpc) is 2.92. The standard InChI is InChI=1S/C18H27N5O.HI/c1-14-11-15(2)23(22-14)10-6-9-20-18(19-3)21-13-16-7-5-8-17(12-16)24-4;/h5,7-8,11-12H,6,9-10,13H2,1-4H3,(H2,19,20,21);1H. The maximum Gasteiger partial charge on any atom is 0.191 e. The monoisotopic (exact) mass is 457 g/mol. The van der Waals surface area contributed by atoms with Gasteiger partial charge in [0.05, 0.1) is 12.8 Å². The zero-order valence-electron chi connectivity index (χ0n) is 15.4. The predicted octanol–water partition coefficient (Wildman–Crippen LogP) is 2.88. The molecule has 0 saturated carbocycles. The van der Waals surface area contributed by atoms with E-state index in [1.165, 1.54) is 5.69 Å². The Bertz CT molecular complexity index is 684. The van der Waals surface area contributed by atoms with Crippen molar-refractivity contribution in [2.75, 3.05) is 20.7 Å². The van der Waals surface area contributed by atoms with Gasteiger partial charge in [0, 0.05) is 32.4 Å². The van der Waals surface area contributed by atoms with Gasteiger partial charge in [-0.3, -0.25) is 9.67 Å². The Morgan fingerprint density at radius 3 is 2.68 bits per heavy atom. The van der Waals surface area contributed by atoms with Crippen molar-refractivity contribution in [3.8, 4) is 5.75 Å². The van der Waals surface area contributed by atoms with Crippen molar-refractivity contribution >= 4 is 29.9 Å². The number of hydrogen-bond donors (Lipinski definition) is 2. The highest BCUT2D eigenvalue weighted by atomic mass is 127. The lowest BCUT2D eigenvalue weighted by Crippen LogP contribution is -2.37. The second kappa shape index (κ2) is 11.0. The summed E-state index contributed by atoms with van der Waals surface area (Å²) in [5, 5.41) is 11.1. The molecule has 2 rings (SSSR count). The number of aryl methyl sites for hydroxylation is 3. The van der Waals surface area contributed by atoms with Crippen LogP contribution in [0.25, 0.3) is 0 Å². The highest BCUT2D eigenvalue weighted by Gasteiger charge is 2.02. The second-order valence-electron chi connectivity index (χ2n) is 5.71. The van der Waals surface area contributed by atoms with Crippen LogP contribution < -0.4 is 15.4 Å². The molecule has 0 radical (unpaired) electrons. The van der Waals surface area contributed by atoms with Gasteiger partial charge in [-0.25, -0.2) is 0 Å². The Hall–Kier alpha value is -1.77. The summed E-state index contributed by atoms with van der Waals surface area (Å²) in [5.74, 6) is 1.66. The second-order valence-corrected chi connectivity index (χ2v) is 5.71. The number of halogens is 1. The normalized spacial score (nSPS) is 11.0. The van der Waals surface area contributed by atoms with E-state index in [4.69, 9.17) is 4.74 Å². The first-order valence-corrected chi connectivity index (χ1v) is 8.21. The van der Waals surface area contributed by atoms with Gasteiger partial charge >= 0.3 is 0 Å². The fraction of sp³-hybridized carbons (Fsp3) is 0.444. The van der Waals surface area contributed by atoms with Crippen molar-refractivity contribution in [1.29, 1.82) is 0 Å². The molecule has 0 fully saturated rings. The summed E-state index contributed by atoms with van der Waals surface area (Å²) >= 11 is 0. The molecular weight excluding hydrogens is 429 g/mol. The van der Waals surface area contributed by atoms with Crippen molar-refractivity contribution in [2.24, 2.45) is 4.99 Å². The maximum atomic E-state index is 5.24. The van der Waals surface area contributed by atoms with E-state index in [0.717, 1.165) is 42.5 Å². The quantitative estimate of drug-likeness (QED) is 0.291. The number of nitrogens with zero attached hydrogens (tertiary/aromatic N) is 3. The number of rotatable bonds is 7. The van der Waals surface area contributed by atoms with E-state index in [1.807, 2.05) is 29.8 Å². The molecule has 0 spiro atoms. The first-order valence-electron chi connectivity index (χ1n) is 8.21. The first-order chi connectivity index (χ1) is 11.6. The van der Waals surface area contributed by atoms with Crippen LogP contribution in [0.3, 0.4) is 0 Å². The Morgan fingerprint density at radius 2 is 2.04 bits per heavy atom. The van der Waals surface area contributed by atoms with Crippen LogP contribution in [-0.4, -0.2) is 36.4 Å². The van der Waals surface area contributed by atoms with E-state index in [9.17, 15) is 0 Å². The van der Waals surface area contributed by atoms with Crippen molar-refractivity contribution in [3.05, 3.63) is 47.3 Å². The van der Waals surface area contributed by atoms with Crippen LogP contribution in [0.15, 0.2) is 35.3 Å². The molecule has 2 N–H and O–H groups in total. The summed E-state index contributed by atoms with van der Waals surface area (Å²) < 4.78 is 7.28. The van der Waals surface area contributed by atoms with Crippen molar-refractivity contribution in [1.82, 2.24) is 20.4 Å². The zero-order valence-corrected chi connectivity index (χ0v) is 17.7. The highest BCUT2D eigenvalue weighted by molar-refractivity contribution is 14.0. The minimum Gasteiger partial charge on any atom is -0.497 e. The lowest BCUT2D eigenvalue weighted by Gasteiger charge is -2.12. The zero-order chi connectivity index (χ0) is 17.4. The maximum absolute atomic E-state index is 5.24. The van der Waals surface area contributed by atoms with Crippen LogP contribution in [0.4, 0.5) is 0 Å². The van der Waals surface area contributed by atoms with Gasteiger partial charge in [0.25, 0.3) is 0 Å². The van der Waals surface area contributed by atoms with E-state index in [-0.39, 0.29) is 24.0 Å². The van der Waals surface area contributed by atoms with Gasteiger partial charge in [0.1, 0.15) is 5.75 Å². The predicted molar refractivity (Wildman–Crippen MR) is 113 cm³/mol. The lowest BCUT2D eigenvalue weighted by atomic mass is 10.2. The van der Waals surface area contributed by atoms with Gasteiger partial charge < -0.3 is 15.4 Å².